The predicted octanol–water partition coefficient (Wildman–Crippen LogP) is 4.67. The Morgan fingerprint density at radius 3 is 2.46 bits per heavy atom. The largest absolute Gasteiger partial charge is 0.435 e. The molecule has 124 valence electrons. The van der Waals surface area contributed by atoms with Gasteiger partial charge in [0.2, 0.25) is 5.16 Å². The number of H-pyrrole nitrogens is 1. The average molecular weight is 347 g/mol. The topological polar surface area (TPSA) is 50.8 Å². The molecule has 1 N–H and O–H groups in total. The molecule has 0 fully saturated rings. The van der Waals surface area contributed by atoms with E-state index in [9.17, 15) is 8.78 Å². The number of nitrogens with zero attached hydrogens (tertiary/aromatic N) is 2. The lowest BCUT2D eigenvalue weighted by Gasteiger charge is -2.04. The fraction of sp³-hybridized carbons (Fsp3) is 0.176. The van der Waals surface area contributed by atoms with E-state index in [0.29, 0.717) is 10.9 Å². The van der Waals surface area contributed by atoms with Gasteiger partial charge in [0, 0.05) is 11.3 Å². The van der Waals surface area contributed by atoms with Crippen molar-refractivity contribution in [1.82, 2.24) is 15.2 Å². The lowest BCUT2D eigenvalue weighted by atomic mass is 10.1. The number of halogens is 2. The summed E-state index contributed by atoms with van der Waals surface area (Å²) in [6.07, 6.45) is 0. The molecule has 0 aliphatic heterocycles. The van der Waals surface area contributed by atoms with E-state index in [1.807, 2.05) is 31.2 Å². The zero-order valence-corrected chi connectivity index (χ0v) is 13.7. The number of aryl methyl sites for hydroxylation is 1. The second-order valence-corrected chi connectivity index (χ2v) is 6.09. The first-order valence-electron chi connectivity index (χ1n) is 7.26. The van der Waals surface area contributed by atoms with E-state index in [1.54, 1.807) is 12.1 Å². The Morgan fingerprint density at radius 1 is 1.08 bits per heavy atom. The van der Waals surface area contributed by atoms with E-state index in [-0.39, 0.29) is 5.75 Å². The molecular formula is C17H15F2N3OS. The van der Waals surface area contributed by atoms with Crippen molar-refractivity contribution in [2.75, 3.05) is 0 Å². The van der Waals surface area contributed by atoms with Crippen molar-refractivity contribution in [2.45, 2.75) is 24.4 Å². The lowest BCUT2D eigenvalue weighted by Crippen LogP contribution is -2.01. The first-order chi connectivity index (χ1) is 11.6. The van der Waals surface area contributed by atoms with Gasteiger partial charge in [-0.2, -0.15) is 8.78 Å². The highest BCUT2D eigenvalue weighted by Crippen LogP contribution is 2.24. The molecule has 0 aliphatic carbocycles. The summed E-state index contributed by atoms with van der Waals surface area (Å²) in [5, 5.41) is 7.75. The van der Waals surface area contributed by atoms with E-state index >= 15 is 0 Å². The maximum atomic E-state index is 12.1. The number of thioether (sulfide) groups is 1. The van der Waals surface area contributed by atoms with Crippen molar-refractivity contribution in [3.05, 3.63) is 59.7 Å². The third-order valence-electron chi connectivity index (χ3n) is 3.31. The van der Waals surface area contributed by atoms with Crippen molar-refractivity contribution in [3.63, 3.8) is 0 Å². The first kappa shape index (κ1) is 16.4. The molecule has 0 saturated carbocycles. The van der Waals surface area contributed by atoms with Crippen LogP contribution >= 0.6 is 11.8 Å². The molecule has 4 nitrogen and oxygen atoms in total. The van der Waals surface area contributed by atoms with Crippen LogP contribution < -0.4 is 4.74 Å². The second kappa shape index (κ2) is 7.44. The number of aromatic amines is 1. The van der Waals surface area contributed by atoms with Gasteiger partial charge < -0.3 is 4.74 Å². The summed E-state index contributed by atoms with van der Waals surface area (Å²) in [6, 6.07) is 14.6. The van der Waals surface area contributed by atoms with Crippen LogP contribution in [0.3, 0.4) is 0 Å². The van der Waals surface area contributed by atoms with Crippen LogP contribution in [-0.4, -0.2) is 21.8 Å². The zero-order valence-electron chi connectivity index (χ0n) is 12.9. The summed E-state index contributed by atoms with van der Waals surface area (Å²) in [5.74, 6) is 1.51. The Morgan fingerprint density at radius 2 is 1.79 bits per heavy atom. The highest BCUT2D eigenvalue weighted by Gasteiger charge is 2.07. The molecular weight excluding hydrogens is 332 g/mol. The van der Waals surface area contributed by atoms with Gasteiger partial charge in [-0.25, -0.2) is 4.98 Å². The van der Waals surface area contributed by atoms with E-state index in [0.717, 1.165) is 17.0 Å². The van der Waals surface area contributed by atoms with Gasteiger partial charge >= 0.3 is 6.61 Å². The third-order valence-corrected chi connectivity index (χ3v) is 4.22. The SMILES string of the molecule is Cc1ccc(-c2nc(SCc3ccc(OC(F)F)cc3)n[nH]2)cc1. The highest BCUT2D eigenvalue weighted by molar-refractivity contribution is 7.98. The van der Waals surface area contributed by atoms with Gasteiger partial charge in [0.15, 0.2) is 5.82 Å². The number of benzene rings is 2. The van der Waals surface area contributed by atoms with E-state index < -0.39 is 6.61 Å². The number of rotatable bonds is 6. The molecule has 0 saturated heterocycles. The smallest absolute Gasteiger partial charge is 0.387 e. The van der Waals surface area contributed by atoms with Crippen LogP contribution in [0, 0.1) is 6.92 Å². The van der Waals surface area contributed by atoms with E-state index in [1.165, 1.54) is 29.5 Å². The fourth-order valence-corrected chi connectivity index (χ4v) is 2.82. The maximum absolute atomic E-state index is 12.1. The second-order valence-electron chi connectivity index (χ2n) is 5.14. The summed E-state index contributed by atoms with van der Waals surface area (Å²) in [4.78, 5) is 4.45. The van der Waals surface area contributed by atoms with Gasteiger partial charge in [0.05, 0.1) is 0 Å². The van der Waals surface area contributed by atoms with Gasteiger partial charge in [0.1, 0.15) is 5.75 Å². The molecule has 0 bridgehead atoms. The van der Waals surface area contributed by atoms with Crippen molar-refractivity contribution in [3.8, 4) is 17.1 Å². The normalized spacial score (nSPS) is 11.0. The molecule has 24 heavy (non-hydrogen) atoms. The summed E-state index contributed by atoms with van der Waals surface area (Å²) in [5.41, 5.74) is 3.14. The molecule has 0 unspecified atom stereocenters. The monoisotopic (exact) mass is 347 g/mol. The van der Waals surface area contributed by atoms with Gasteiger partial charge in [-0.05, 0) is 24.6 Å². The molecule has 2 aromatic carbocycles. The number of hydrogen-bond donors (Lipinski definition) is 1. The number of ether oxygens (including phenoxy) is 1. The van der Waals surface area contributed by atoms with Crippen molar-refractivity contribution in [2.24, 2.45) is 0 Å². The summed E-state index contributed by atoms with van der Waals surface area (Å²) >= 11 is 1.47. The van der Waals surface area contributed by atoms with Crippen LogP contribution in [0.2, 0.25) is 0 Å². The lowest BCUT2D eigenvalue weighted by molar-refractivity contribution is -0.0498. The van der Waals surface area contributed by atoms with Crippen LogP contribution in [0.5, 0.6) is 5.75 Å². The molecule has 0 radical (unpaired) electrons. The fourth-order valence-electron chi connectivity index (χ4n) is 2.07. The molecule has 0 amide bonds. The van der Waals surface area contributed by atoms with Gasteiger partial charge in [-0.1, -0.05) is 53.7 Å². The Kier molecular flexibility index (Phi) is 5.10. The Bertz CT molecular complexity index is 788. The maximum Gasteiger partial charge on any atom is 0.387 e. The van der Waals surface area contributed by atoms with Crippen LogP contribution in [0.1, 0.15) is 11.1 Å². The minimum absolute atomic E-state index is 0.151. The average Bonchev–Trinajstić information content (AvgIpc) is 3.03. The minimum atomic E-state index is -2.81. The Balaban J connectivity index is 1.60. The summed E-state index contributed by atoms with van der Waals surface area (Å²) in [7, 11) is 0. The molecule has 1 aromatic heterocycles. The van der Waals surface area contributed by atoms with Crippen molar-refractivity contribution >= 4 is 11.8 Å². The Labute approximate surface area is 142 Å². The van der Waals surface area contributed by atoms with E-state index in [4.69, 9.17) is 0 Å². The van der Waals surface area contributed by atoms with E-state index in [2.05, 4.69) is 19.9 Å². The molecule has 0 aliphatic rings. The molecule has 0 atom stereocenters. The Hall–Kier alpha value is -2.41. The van der Waals surface area contributed by atoms with Crippen LogP contribution in [0.15, 0.2) is 53.7 Å². The molecule has 3 rings (SSSR count). The number of aromatic nitrogens is 3. The van der Waals surface area contributed by atoms with Crippen molar-refractivity contribution < 1.29 is 13.5 Å². The summed E-state index contributed by atoms with van der Waals surface area (Å²) in [6.45, 7) is -0.776. The highest BCUT2D eigenvalue weighted by atomic mass is 32.2. The first-order valence-corrected chi connectivity index (χ1v) is 8.25. The quantitative estimate of drug-likeness (QED) is 0.658. The predicted molar refractivity (Wildman–Crippen MR) is 89.2 cm³/mol. The third kappa shape index (κ3) is 4.32. The number of nitrogens with one attached hydrogen (secondary N) is 1. The van der Waals surface area contributed by atoms with Crippen LogP contribution in [-0.2, 0) is 5.75 Å². The number of alkyl halides is 2. The number of hydrogen-bond acceptors (Lipinski definition) is 4. The van der Waals surface area contributed by atoms with Crippen LogP contribution in [0.25, 0.3) is 11.4 Å². The standard InChI is InChI=1S/C17H15F2N3OS/c1-11-2-6-13(7-3-11)15-20-17(22-21-15)24-10-12-4-8-14(9-5-12)23-16(18)19/h2-9,16H,10H2,1H3,(H,20,21,22). The summed E-state index contributed by atoms with van der Waals surface area (Å²) < 4.78 is 28.5. The van der Waals surface area contributed by atoms with Gasteiger partial charge in [-0.15, -0.1) is 5.10 Å². The van der Waals surface area contributed by atoms with Gasteiger partial charge in [-0.3, -0.25) is 5.10 Å². The van der Waals surface area contributed by atoms with Crippen LogP contribution in [0.4, 0.5) is 8.78 Å². The molecule has 1 heterocycles. The zero-order chi connectivity index (χ0) is 16.9. The molecule has 0 spiro atoms. The van der Waals surface area contributed by atoms with Crippen molar-refractivity contribution in [1.29, 1.82) is 0 Å². The minimum Gasteiger partial charge on any atom is -0.435 e. The molecule has 3 aromatic rings. The molecule has 7 heteroatoms. The van der Waals surface area contributed by atoms with Gasteiger partial charge in [0.25, 0.3) is 0 Å².